The van der Waals surface area contributed by atoms with Gasteiger partial charge in [0, 0.05) is 6.61 Å². The van der Waals surface area contributed by atoms with E-state index in [1.807, 2.05) is 0 Å². The van der Waals surface area contributed by atoms with Crippen LogP contribution in [0.2, 0.25) is 0 Å². The molecule has 0 aliphatic carbocycles. The van der Waals surface area contributed by atoms with Crippen LogP contribution in [0.25, 0.3) is 0 Å². The Morgan fingerprint density at radius 2 is 2.56 bits per heavy atom. The van der Waals surface area contributed by atoms with Gasteiger partial charge in [0.2, 0.25) is 0 Å². The zero-order valence-electron chi connectivity index (χ0n) is 5.30. The van der Waals surface area contributed by atoms with Crippen molar-refractivity contribution in [3.05, 3.63) is 12.7 Å². The predicted molar refractivity (Wildman–Crippen MR) is 34.2 cm³/mol. The third-order valence-electron chi connectivity index (χ3n) is 1.45. The highest BCUT2D eigenvalue weighted by Crippen LogP contribution is 2.12. The molecule has 1 aliphatic heterocycles. The molecule has 1 atom stereocenters. The molecule has 0 amide bonds. The Labute approximate surface area is 54.5 Å². The smallest absolute Gasteiger partial charge is 0.183 e. The molecule has 1 aliphatic rings. The highest BCUT2D eigenvalue weighted by Gasteiger charge is 2.20. The van der Waals surface area contributed by atoms with Crippen LogP contribution in [0.5, 0.6) is 0 Å². The van der Waals surface area contributed by atoms with Gasteiger partial charge >= 0.3 is 0 Å². The highest BCUT2D eigenvalue weighted by molar-refractivity contribution is 5.93. The molecule has 9 heavy (non-hydrogen) atoms. The summed E-state index contributed by atoms with van der Waals surface area (Å²) in [4.78, 5) is 10.8. The Bertz CT molecular complexity index is 123. The standard InChI is InChI=1S/C7H10O2/c1-2-6(8)7-4-3-5-9-7/h2,7H,1,3-5H2. The van der Waals surface area contributed by atoms with E-state index in [1.54, 1.807) is 0 Å². The van der Waals surface area contributed by atoms with Crippen molar-refractivity contribution < 1.29 is 9.53 Å². The summed E-state index contributed by atoms with van der Waals surface area (Å²) in [6.07, 6.45) is 3.02. The van der Waals surface area contributed by atoms with Crippen molar-refractivity contribution in [3.8, 4) is 0 Å². The molecule has 0 aromatic carbocycles. The summed E-state index contributed by atoms with van der Waals surface area (Å²) in [5.74, 6) is 0.0208. The van der Waals surface area contributed by atoms with E-state index < -0.39 is 0 Å². The van der Waals surface area contributed by atoms with Gasteiger partial charge in [0.1, 0.15) is 6.10 Å². The lowest BCUT2D eigenvalue weighted by Crippen LogP contribution is -2.15. The van der Waals surface area contributed by atoms with Crippen LogP contribution in [0.1, 0.15) is 12.8 Å². The average Bonchev–Trinajstić information content (AvgIpc) is 2.37. The molecule has 1 saturated heterocycles. The SMILES string of the molecule is C=CC(=O)C1CCCO1. The van der Waals surface area contributed by atoms with Crippen LogP contribution in [0, 0.1) is 0 Å². The molecule has 0 radical (unpaired) electrons. The fraction of sp³-hybridized carbons (Fsp3) is 0.571. The Morgan fingerprint density at radius 3 is 3.00 bits per heavy atom. The molecular formula is C7H10O2. The van der Waals surface area contributed by atoms with E-state index in [1.165, 1.54) is 6.08 Å². The molecule has 0 aromatic heterocycles. The Morgan fingerprint density at radius 1 is 1.78 bits per heavy atom. The van der Waals surface area contributed by atoms with Crippen molar-refractivity contribution in [2.75, 3.05) is 6.61 Å². The minimum absolute atomic E-state index is 0.0208. The first-order valence-electron chi connectivity index (χ1n) is 3.12. The summed E-state index contributed by atoms with van der Waals surface area (Å²) < 4.78 is 5.08. The molecule has 2 nitrogen and oxygen atoms in total. The van der Waals surface area contributed by atoms with E-state index in [0.29, 0.717) is 0 Å². The van der Waals surface area contributed by atoms with Crippen molar-refractivity contribution in [2.24, 2.45) is 0 Å². The molecular weight excluding hydrogens is 116 g/mol. The van der Waals surface area contributed by atoms with Crippen LogP contribution in [-0.2, 0) is 9.53 Å². The zero-order chi connectivity index (χ0) is 6.69. The molecule has 0 saturated carbocycles. The first-order chi connectivity index (χ1) is 4.34. The monoisotopic (exact) mass is 126 g/mol. The van der Waals surface area contributed by atoms with E-state index in [0.717, 1.165) is 19.4 Å². The second kappa shape index (κ2) is 2.78. The number of ketones is 1. The number of rotatable bonds is 2. The Kier molecular flexibility index (Phi) is 2.01. The van der Waals surface area contributed by atoms with Crippen molar-refractivity contribution >= 4 is 5.78 Å². The lowest BCUT2D eigenvalue weighted by molar-refractivity contribution is -0.122. The second-order valence-electron chi connectivity index (χ2n) is 2.11. The van der Waals surface area contributed by atoms with Crippen LogP contribution < -0.4 is 0 Å². The van der Waals surface area contributed by atoms with Gasteiger partial charge in [-0.2, -0.15) is 0 Å². The van der Waals surface area contributed by atoms with Crippen LogP contribution in [-0.4, -0.2) is 18.5 Å². The minimum Gasteiger partial charge on any atom is -0.370 e. The fourth-order valence-electron chi connectivity index (χ4n) is 0.933. The predicted octanol–water partition coefficient (Wildman–Crippen LogP) is 0.920. The van der Waals surface area contributed by atoms with E-state index in [-0.39, 0.29) is 11.9 Å². The van der Waals surface area contributed by atoms with Gasteiger partial charge in [-0.05, 0) is 18.9 Å². The lowest BCUT2D eigenvalue weighted by Gasteiger charge is -2.01. The third kappa shape index (κ3) is 1.39. The van der Waals surface area contributed by atoms with Crippen molar-refractivity contribution in [1.82, 2.24) is 0 Å². The molecule has 50 valence electrons. The highest BCUT2D eigenvalue weighted by atomic mass is 16.5. The number of hydrogen-bond donors (Lipinski definition) is 0. The Hall–Kier alpha value is -0.630. The van der Waals surface area contributed by atoms with Crippen molar-refractivity contribution in [3.63, 3.8) is 0 Å². The molecule has 1 heterocycles. The van der Waals surface area contributed by atoms with Gasteiger partial charge in [-0.25, -0.2) is 0 Å². The lowest BCUT2D eigenvalue weighted by atomic mass is 10.2. The van der Waals surface area contributed by atoms with Crippen LogP contribution in [0.15, 0.2) is 12.7 Å². The molecule has 0 N–H and O–H groups in total. The summed E-state index contributed by atoms with van der Waals surface area (Å²) >= 11 is 0. The second-order valence-corrected chi connectivity index (χ2v) is 2.11. The Balaban J connectivity index is 2.41. The van der Waals surface area contributed by atoms with Crippen molar-refractivity contribution in [2.45, 2.75) is 18.9 Å². The number of carbonyl (C=O) groups is 1. The number of carbonyl (C=O) groups excluding carboxylic acids is 1. The fourth-order valence-corrected chi connectivity index (χ4v) is 0.933. The summed E-state index contributed by atoms with van der Waals surface area (Å²) in [6, 6.07) is 0. The maximum Gasteiger partial charge on any atom is 0.183 e. The quantitative estimate of drug-likeness (QED) is 0.514. The van der Waals surface area contributed by atoms with E-state index in [4.69, 9.17) is 4.74 Å². The van der Waals surface area contributed by atoms with Gasteiger partial charge in [0.15, 0.2) is 5.78 Å². The maximum atomic E-state index is 10.8. The van der Waals surface area contributed by atoms with Crippen LogP contribution >= 0.6 is 0 Å². The van der Waals surface area contributed by atoms with Gasteiger partial charge in [-0.1, -0.05) is 6.58 Å². The van der Waals surface area contributed by atoms with Crippen LogP contribution in [0.4, 0.5) is 0 Å². The summed E-state index contributed by atoms with van der Waals surface area (Å²) in [6.45, 7) is 4.10. The molecule has 1 unspecified atom stereocenters. The molecule has 1 rings (SSSR count). The van der Waals surface area contributed by atoms with Crippen LogP contribution in [0.3, 0.4) is 0 Å². The van der Waals surface area contributed by atoms with Gasteiger partial charge in [0.05, 0.1) is 0 Å². The first-order valence-corrected chi connectivity index (χ1v) is 3.12. The number of ether oxygens (including phenoxy) is 1. The molecule has 1 fully saturated rings. The van der Waals surface area contributed by atoms with Gasteiger partial charge in [0.25, 0.3) is 0 Å². The minimum atomic E-state index is -0.178. The molecule has 0 spiro atoms. The number of hydrogen-bond acceptors (Lipinski definition) is 2. The summed E-state index contributed by atoms with van der Waals surface area (Å²) in [7, 11) is 0. The van der Waals surface area contributed by atoms with Crippen molar-refractivity contribution in [1.29, 1.82) is 0 Å². The van der Waals surface area contributed by atoms with Gasteiger partial charge in [-0.3, -0.25) is 4.79 Å². The maximum absolute atomic E-state index is 10.8. The summed E-state index contributed by atoms with van der Waals surface area (Å²) in [5, 5.41) is 0. The largest absolute Gasteiger partial charge is 0.370 e. The third-order valence-corrected chi connectivity index (χ3v) is 1.45. The topological polar surface area (TPSA) is 26.3 Å². The van der Waals surface area contributed by atoms with Gasteiger partial charge < -0.3 is 4.74 Å². The normalized spacial score (nSPS) is 26.0. The average molecular weight is 126 g/mol. The van der Waals surface area contributed by atoms with E-state index in [2.05, 4.69) is 6.58 Å². The first kappa shape index (κ1) is 6.49. The van der Waals surface area contributed by atoms with E-state index in [9.17, 15) is 4.79 Å². The molecule has 0 aromatic rings. The van der Waals surface area contributed by atoms with E-state index >= 15 is 0 Å². The summed E-state index contributed by atoms with van der Waals surface area (Å²) in [5.41, 5.74) is 0. The molecule has 2 heteroatoms. The van der Waals surface area contributed by atoms with Gasteiger partial charge in [-0.15, -0.1) is 0 Å². The zero-order valence-corrected chi connectivity index (χ0v) is 5.30. The molecule has 0 bridgehead atoms.